The van der Waals surface area contributed by atoms with Crippen molar-refractivity contribution in [3.05, 3.63) is 0 Å². The molecule has 0 spiro atoms. The molecule has 3 heteroatoms. The molecule has 42 valence electrons. The smallest absolute Gasteiger partial charge is 1.00 e. The maximum Gasteiger partial charge on any atom is 2.00 e. The van der Waals surface area contributed by atoms with Gasteiger partial charge in [0.05, 0.1) is 0 Å². The molecule has 0 aromatic carbocycles. The van der Waals surface area contributed by atoms with Gasteiger partial charge in [0.15, 0.2) is 6.29 Å². The largest absolute Gasteiger partial charge is 2.00 e. The van der Waals surface area contributed by atoms with E-state index < -0.39 is 6.29 Å². The predicted molar refractivity (Wildman–Crippen MR) is 31.3 cm³/mol. The first kappa shape index (κ1) is 11.3. The van der Waals surface area contributed by atoms with Gasteiger partial charge in [-0.25, -0.2) is 0 Å². The first-order valence-electron chi connectivity index (χ1n) is 2.07. The molecule has 1 unspecified atom stereocenters. The fourth-order valence-corrected chi connectivity index (χ4v) is 0.241. The summed E-state index contributed by atoms with van der Waals surface area (Å²) in [5.41, 5.74) is 0. The van der Waals surface area contributed by atoms with Crippen LogP contribution in [0, 0.1) is 0 Å². The van der Waals surface area contributed by atoms with E-state index in [1.54, 1.807) is 6.92 Å². The minimum Gasteiger partial charge on any atom is -1.00 e. The molecular weight excluding hydrogens is 217 g/mol. The van der Waals surface area contributed by atoms with E-state index in [-0.39, 0.29) is 51.7 Å². The molecule has 0 rings (SSSR count). The summed E-state index contributed by atoms with van der Waals surface area (Å²) < 4.78 is 4.60. The van der Waals surface area contributed by atoms with Gasteiger partial charge in [0, 0.05) is 6.61 Å². The van der Waals surface area contributed by atoms with Gasteiger partial charge in [-0.15, -0.1) is 0 Å². The van der Waals surface area contributed by atoms with Gasteiger partial charge in [0.25, 0.3) is 0 Å². The summed E-state index contributed by atoms with van der Waals surface area (Å²) in [6.07, 6.45) is -0.602. The van der Waals surface area contributed by atoms with Crippen LogP contribution in [0.15, 0.2) is 0 Å². The second-order valence-electron chi connectivity index (χ2n) is 1.05. The van der Waals surface area contributed by atoms with E-state index in [0.717, 1.165) is 0 Å². The zero-order valence-corrected chi connectivity index (χ0v) is 9.29. The Morgan fingerprint density at radius 3 is 2.29 bits per heavy atom. The molecule has 0 fully saturated rings. The molecule has 0 amide bonds. The number of aliphatic hydroxyl groups excluding tert-OH is 1. The van der Waals surface area contributed by atoms with Gasteiger partial charge < -0.3 is 12.7 Å². The van der Waals surface area contributed by atoms with Crippen molar-refractivity contribution in [1.82, 2.24) is 0 Å². The zero-order valence-electron chi connectivity index (χ0n) is 6.85. The van der Waals surface area contributed by atoms with E-state index >= 15 is 0 Å². The molecule has 2 nitrogen and oxygen atoms in total. The standard InChI is InChI=1S/C4H10O2.Ba.2H/c1-3-6-4(2)5;;;/h4-5H,3H2,1-2H3;;;/q;+2;2*-1. The van der Waals surface area contributed by atoms with Crippen LogP contribution in [0.1, 0.15) is 16.7 Å². The van der Waals surface area contributed by atoms with Crippen molar-refractivity contribution >= 4 is 48.9 Å². The first-order chi connectivity index (χ1) is 2.77. The van der Waals surface area contributed by atoms with Gasteiger partial charge in [0.1, 0.15) is 0 Å². The Bertz CT molecular complexity index is 37.7. The molecular formula is C4H12BaO2. The Morgan fingerprint density at radius 1 is 1.86 bits per heavy atom. The second-order valence-corrected chi connectivity index (χ2v) is 1.05. The third kappa shape index (κ3) is 11.2. The summed E-state index contributed by atoms with van der Waals surface area (Å²) in [6, 6.07) is 0. The minimum atomic E-state index is -0.602. The Hall–Kier alpha value is 1.49. The van der Waals surface area contributed by atoms with Crippen LogP contribution in [0.2, 0.25) is 0 Å². The Balaban J connectivity index is -0.0000000417. The molecule has 0 aromatic heterocycles. The van der Waals surface area contributed by atoms with Crippen molar-refractivity contribution in [2.24, 2.45) is 0 Å². The van der Waals surface area contributed by atoms with E-state index in [4.69, 9.17) is 5.11 Å². The number of hydrogen-bond donors (Lipinski definition) is 1. The van der Waals surface area contributed by atoms with E-state index in [2.05, 4.69) is 4.74 Å². The SMILES string of the molecule is CCOC(C)O.[Ba+2].[H-].[H-]. The fraction of sp³-hybridized carbons (Fsp3) is 1.00. The summed E-state index contributed by atoms with van der Waals surface area (Å²) in [5.74, 6) is 0. The molecule has 0 saturated carbocycles. The van der Waals surface area contributed by atoms with E-state index in [1.807, 2.05) is 6.92 Å². The van der Waals surface area contributed by atoms with Gasteiger partial charge in [-0.3, -0.25) is 0 Å². The molecule has 1 N–H and O–H groups in total. The van der Waals surface area contributed by atoms with Crippen LogP contribution in [0.5, 0.6) is 0 Å². The van der Waals surface area contributed by atoms with Gasteiger partial charge in [-0.1, -0.05) is 0 Å². The van der Waals surface area contributed by atoms with Crippen LogP contribution in [0.25, 0.3) is 0 Å². The summed E-state index contributed by atoms with van der Waals surface area (Å²) in [6.45, 7) is 4.01. The van der Waals surface area contributed by atoms with Gasteiger partial charge >= 0.3 is 48.9 Å². The van der Waals surface area contributed by atoms with Crippen LogP contribution in [-0.2, 0) is 4.74 Å². The Morgan fingerprint density at radius 2 is 2.29 bits per heavy atom. The fourth-order valence-electron chi connectivity index (χ4n) is 0.241. The molecule has 0 aliphatic heterocycles. The second kappa shape index (κ2) is 7.49. The topological polar surface area (TPSA) is 29.5 Å². The van der Waals surface area contributed by atoms with Gasteiger partial charge in [0.2, 0.25) is 0 Å². The van der Waals surface area contributed by atoms with E-state index in [0.29, 0.717) is 6.61 Å². The third-order valence-electron chi connectivity index (χ3n) is 0.408. The maximum atomic E-state index is 8.33. The van der Waals surface area contributed by atoms with E-state index in [9.17, 15) is 0 Å². The van der Waals surface area contributed by atoms with Crippen molar-refractivity contribution in [2.45, 2.75) is 20.1 Å². The number of ether oxygens (including phenoxy) is 1. The van der Waals surface area contributed by atoms with Crippen LogP contribution >= 0.6 is 0 Å². The van der Waals surface area contributed by atoms with E-state index in [1.165, 1.54) is 0 Å². The third-order valence-corrected chi connectivity index (χ3v) is 0.408. The summed E-state index contributed by atoms with van der Waals surface area (Å²) >= 11 is 0. The van der Waals surface area contributed by atoms with Crippen molar-refractivity contribution < 1.29 is 12.7 Å². The summed E-state index contributed by atoms with van der Waals surface area (Å²) in [4.78, 5) is 0. The number of hydrogen-bond acceptors (Lipinski definition) is 2. The van der Waals surface area contributed by atoms with Crippen molar-refractivity contribution in [3.8, 4) is 0 Å². The van der Waals surface area contributed by atoms with Gasteiger partial charge in [-0.2, -0.15) is 0 Å². The molecule has 0 bridgehead atoms. The summed E-state index contributed by atoms with van der Waals surface area (Å²) in [5, 5.41) is 8.33. The molecule has 0 aliphatic rings. The van der Waals surface area contributed by atoms with Crippen molar-refractivity contribution in [2.75, 3.05) is 6.61 Å². The molecule has 0 saturated heterocycles. The summed E-state index contributed by atoms with van der Waals surface area (Å²) in [7, 11) is 0. The van der Waals surface area contributed by atoms with Crippen LogP contribution in [-0.4, -0.2) is 66.9 Å². The van der Waals surface area contributed by atoms with Crippen molar-refractivity contribution in [3.63, 3.8) is 0 Å². The van der Waals surface area contributed by atoms with Crippen LogP contribution in [0.3, 0.4) is 0 Å². The predicted octanol–water partition coefficient (Wildman–Crippen LogP) is 0.205. The Labute approximate surface area is 87.3 Å². The molecule has 1 atom stereocenters. The van der Waals surface area contributed by atoms with Crippen LogP contribution in [0.4, 0.5) is 0 Å². The average molecular weight is 229 g/mol. The molecule has 0 heterocycles. The minimum absolute atomic E-state index is 0. The molecule has 0 aromatic rings. The number of aliphatic hydroxyl groups is 1. The molecule has 0 aliphatic carbocycles. The van der Waals surface area contributed by atoms with Gasteiger partial charge in [-0.05, 0) is 13.8 Å². The first-order valence-corrected chi connectivity index (χ1v) is 2.07. The normalized spacial score (nSPS) is 12.4. The van der Waals surface area contributed by atoms with Crippen LogP contribution < -0.4 is 0 Å². The Kier molecular flexibility index (Phi) is 12.1. The molecule has 7 heavy (non-hydrogen) atoms. The molecule has 0 radical (unpaired) electrons. The maximum absolute atomic E-state index is 8.33. The quantitative estimate of drug-likeness (QED) is 0.542. The number of rotatable bonds is 2. The average Bonchev–Trinajstić information content (AvgIpc) is 1.35. The zero-order chi connectivity index (χ0) is 4.99. The monoisotopic (exact) mass is 230 g/mol. The van der Waals surface area contributed by atoms with Crippen molar-refractivity contribution in [1.29, 1.82) is 0 Å².